The Morgan fingerprint density at radius 1 is 1.37 bits per heavy atom. The van der Waals surface area contributed by atoms with Crippen molar-refractivity contribution in [3.8, 4) is 11.5 Å². The van der Waals surface area contributed by atoms with Crippen LogP contribution in [0.2, 0.25) is 0 Å². The number of benzene rings is 1. The molecule has 2 rings (SSSR count). The molecule has 0 unspecified atom stereocenters. The first kappa shape index (κ1) is 13.3. The lowest BCUT2D eigenvalue weighted by molar-refractivity contribution is -0.137. The average Bonchev–Trinajstić information content (AvgIpc) is 2.84. The molecule has 0 aliphatic carbocycles. The van der Waals surface area contributed by atoms with Crippen LogP contribution in [0.25, 0.3) is 0 Å². The van der Waals surface area contributed by atoms with Gasteiger partial charge in [0.25, 0.3) is 12.2 Å². The number of rotatable bonds is 4. The van der Waals surface area contributed by atoms with Crippen LogP contribution in [0.1, 0.15) is 29.3 Å². The second-order valence-electron chi connectivity index (χ2n) is 3.65. The van der Waals surface area contributed by atoms with Gasteiger partial charge in [-0.1, -0.05) is 0 Å². The van der Waals surface area contributed by atoms with Crippen molar-refractivity contribution in [2.75, 3.05) is 13.4 Å². The number of hydrogen-bond donors (Lipinski definition) is 0. The summed E-state index contributed by atoms with van der Waals surface area (Å²) in [4.78, 5) is 23.2. The summed E-state index contributed by atoms with van der Waals surface area (Å²) in [5.41, 5.74) is -0.694. The molecule has 0 amide bonds. The van der Waals surface area contributed by atoms with Gasteiger partial charge in [-0.15, -0.1) is 0 Å². The Kier molecular flexibility index (Phi) is 3.64. The number of halogens is 2. The molecule has 0 spiro atoms. The molecule has 1 aliphatic rings. The summed E-state index contributed by atoms with van der Waals surface area (Å²) in [6, 6.07) is 1.99. The molecule has 0 N–H and O–H groups in total. The second kappa shape index (κ2) is 5.21. The lowest BCUT2D eigenvalue weighted by atomic mass is 10.0. The molecular formula is C12H10F2O5. The van der Waals surface area contributed by atoms with E-state index >= 15 is 0 Å². The normalized spacial score (nSPS) is 12.6. The van der Waals surface area contributed by atoms with Crippen LogP contribution in [0.4, 0.5) is 8.78 Å². The fourth-order valence-corrected chi connectivity index (χ4v) is 1.63. The number of carbonyl (C=O) groups excluding carboxylic acids is 2. The van der Waals surface area contributed by atoms with Crippen LogP contribution in [-0.2, 0) is 9.53 Å². The topological polar surface area (TPSA) is 61.8 Å². The summed E-state index contributed by atoms with van der Waals surface area (Å²) in [6.07, 6.45) is -2.79. The van der Waals surface area contributed by atoms with E-state index in [1.54, 1.807) is 0 Å². The van der Waals surface area contributed by atoms with Crippen molar-refractivity contribution in [2.24, 2.45) is 0 Å². The third-order valence-electron chi connectivity index (χ3n) is 2.45. The van der Waals surface area contributed by atoms with Crippen LogP contribution in [-0.4, -0.2) is 25.2 Å². The van der Waals surface area contributed by atoms with Crippen LogP contribution in [0.5, 0.6) is 11.5 Å². The van der Waals surface area contributed by atoms with Gasteiger partial charge in [0.2, 0.25) is 6.79 Å². The molecule has 0 fully saturated rings. The van der Waals surface area contributed by atoms with Crippen molar-refractivity contribution in [3.05, 3.63) is 23.3 Å². The van der Waals surface area contributed by atoms with Gasteiger partial charge in [-0.05, 0) is 19.1 Å². The maximum atomic E-state index is 12.7. The fraction of sp³-hybridized carbons (Fsp3) is 0.333. The van der Waals surface area contributed by atoms with E-state index in [1.807, 2.05) is 0 Å². The zero-order valence-electron chi connectivity index (χ0n) is 9.94. The highest BCUT2D eigenvalue weighted by atomic mass is 19.3. The van der Waals surface area contributed by atoms with E-state index in [4.69, 9.17) is 9.47 Å². The molecule has 0 saturated carbocycles. The Hall–Kier alpha value is -2.18. The van der Waals surface area contributed by atoms with E-state index in [-0.39, 0.29) is 30.5 Å². The van der Waals surface area contributed by atoms with Gasteiger partial charge in [-0.3, -0.25) is 4.79 Å². The van der Waals surface area contributed by atoms with Crippen molar-refractivity contribution < 1.29 is 32.6 Å². The number of fused-ring (bicyclic) bond motifs is 1. The first-order valence-corrected chi connectivity index (χ1v) is 5.47. The number of ether oxygens (including phenoxy) is 3. The largest absolute Gasteiger partial charge is 0.460 e. The minimum atomic E-state index is -2.79. The van der Waals surface area contributed by atoms with Crippen LogP contribution in [0, 0.1) is 0 Å². The van der Waals surface area contributed by atoms with Gasteiger partial charge < -0.3 is 14.2 Å². The quantitative estimate of drug-likeness (QED) is 0.477. The Bertz CT molecular complexity index is 527. The molecule has 1 aliphatic heterocycles. The van der Waals surface area contributed by atoms with Gasteiger partial charge in [0, 0.05) is 5.56 Å². The Balaban J connectivity index is 2.44. The molecule has 0 aromatic heterocycles. The van der Waals surface area contributed by atoms with Crippen LogP contribution in [0.15, 0.2) is 12.1 Å². The van der Waals surface area contributed by atoms with Crippen molar-refractivity contribution in [3.63, 3.8) is 0 Å². The van der Waals surface area contributed by atoms with Crippen molar-refractivity contribution in [1.82, 2.24) is 0 Å². The summed E-state index contributed by atoms with van der Waals surface area (Å²) in [7, 11) is 0. The lowest BCUT2D eigenvalue weighted by Crippen LogP contribution is -2.18. The number of hydrogen-bond acceptors (Lipinski definition) is 5. The van der Waals surface area contributed by atoms with E-state index in [0.717, 1.165) is 12.1 Å². The summed E-state index contributed by atoms with van der Waals surface area (Å²) in [5.74, 6) is -2.15. The number of esters is 1. The molecule has 0 bridgehead atoms. The van der Waals surface area contributed by atoms with E-state index < -0.39 is 23.7 Å². The van der Waals surface area contributed by atoms with E-state index in [2.05, 4.69) is 4.74 Å². The number of carbonyl (C=O) groups is 2. The lowest BCUT2D eigenvalue weighted by Gasteiger charge is -2.07. The number of alkyl halides is 2. The summed E-state index contributed by atoms with van der Waals surface area (Å²) in [6.45, 7) is 1.36. The van der Waals surface area contributed by atoms with Gasteiger partial charge in [-0.25, -0.2) is 13.6 Å². The zero-order chi connectivity index (χ0) is 14.0. The predicted molar refractivity (Wildman–Crippen MR) is 58.5 cm³/mol. The van der Waals surface area contributed by atoms with Gasteiger partial charge in [0.05, 0.1) is 12.2 Å². The second-order valence-corrected chi connectivity index (χ2v) is 3.65. The smallest absolute Gasteiger partial charge is 0.379 e. The van der Waals surface area contributed by atoms with Gasteiger partial charge in [0.15, 0.2) is 11.5 Å². The maximum Gasteiger partial charge on any atom is 0.379 e. The Morgan fingerprint density at radius 2 is 2.11 bits per heavy atom. The van der Waals surface area contributed by atoms with Gasteiger partial charge in [0.1, 0.15) is 0 Å². The molecule has 19 heavy (non-hydrogen) atoms. The van der Waals surface area contributed by atoms with E-state index in [0.29, 0.717) is 0 Å². The summed E-state index contributed by atoms with van der Waals surface area (Å²) < 4.78 is 39.9. The molecule has 1 aromatic carbocycles. The van der Waals surface area contributed by atoms with Crippen LogP contribution in [0.3, 0.4) is 0 Å². The molecule has 0 saturated heterocycles. The van der Waals surface area contributed by atoms with Gasteiger partial charge in [-0.2, -0.15) is 0 Å². The van der Waals surface area contributed by atoms with Crippen LogP contribution < -0.4 is 9.47 Å². The number of Topliss-reactive ketones (excluding diaryl/α,β-unsaturated/α-hetero) is 1. The van der Waals surface area contributed by atoms with Crippen LogP contribution >= 0.6 is 0 Å². The zero-order valence-corrected chi connectivity index (χ0v) is 9.94. The van der Waals surface area contributed by atoms with E-state index in [9.17, 15) is 18.4 Å². The minimum absolute atomic E-state index is 0.0116. The summed E-state index contributed by atoms with van der Waals surface area (Å²) in [5, 5.41) is 0. The fourth-order valence-electron chi connectivity index (χ4n) is 1.63. The molecule has 1 heterocycles. The third kappa shape index (κ3) is 2.49. The third-order valence-corrected chi connectivity index (χ3v) is 2.45. The minimum Gasteiger partial charge on any atom is -0.460 e. The Labute approximate surface area is 107 Å². The molecule has 0 radical (unpaired) electrons. The first-order valence-electron chi connectivity index (χ1n) is 5.47. The molecule has 5 nitrogen and oxygen atoms in total. The highest BCUT2D eigenvalue weighted by Gasteiger charge is 2.29. The predicted octanol–water partition coefficient (Wildman–Crippen LogP) is 2.10. The average molecular weight is 272 g/mol. The van der Waals surface area contributed by atoms with Crippen molar-refractivity contribution in [1.29, 1.82) is 0 Å². The first-order chi connectivity index (χ1) is 9.04. The van der Waals surface area contributed by atoms with Gasteiger partial charge >= 0.3 is 5.97 Å². The monoisotopic (exact) mass is 272 g/mol. The maximum absolute atomic E-state index is 12.7. The highest BCUT2D eigenvalue weighted by Crippen LogP contribution is 2.39. The molecule has 7 heteroatoms. The van der Waals surface area contributed by atoms with Crippen molar-refractivity contribution in [2.45, 2.75) is 13.3 Å². The number of ketones is 1. The van der Waals surface area contributed by atoms with E-state index in [1.165, 1.54) is 6.92 Å². The molecule has 1 aromatic rings. The Morgan fingerprint density at radius 3 is 2.74 bits per heavy atom. The molecular weight excluding hydrogens is 262 g/mol. The van der Waals surface area contributed by atoms with Crippen molar-refractivity contribution >= 4 is 11.8 Å². The SMILES string of the molecule is CCOC(=O)C(=O)c1cc(C(F)F)cc2c1OCO2. The highest BCUT2D eigenvalue weighted by molar-refractivity contribution is 6.41. The molecule has 0 atom stereocenters. The standard InChI is InChI=1S/C12H10F2O5/c1-2-17-12(16)9(15)7-3-6(11(13)14)4-8-10(7)19-5-18-8/h3-4,11H,2,5H2,1H3. The molecule has 102 valence electrons. The summed E-state index contributed by atoms with van der Waals surface area (Å²) >= 11 is 0.